The molecule has 0 N–H and O–H groups in total. The van der Waals surface area contributed by atoms with E-state index in [2.05, 4.69) is 0 Å². The summed E-state index contributed by atoms with van der Waals surface area (Å²) in [4.78, 5) is 0. The Kier molecular flexibility index (Phi) is 8.77. The van der Waals surface area contributed by atoms with Crippen molar-refractivity contribution >= 4 is 0 Å². The van der Waals surface area contributed by atoms with Crippen LogP contribution in [0.3, 0.4) is 0 Å². The van der Waals surface area contributed by atoms with Gasteiger partial charge in [-0.1, -0.05) is 0 Å². The van der Waals surface area contributed by atoms with Gasteiger partial charge in [0.15, 0.2) is 0 Å². The highest BCUT2D eigenvalue weighted by molar-refractivity contribution is 4.85. The zero-order chi connectivity index (χ0) is 13.9. The average molecular weight is 276 g/mol. The van der Waals surface area contributed by atoms with Crippen LogP contribution in [0.4, 0.5) is 0 Å². The highest BCUT2D eigenvalue weighted by Gasteiger charge is 2.37. The van der Waals surface area contributed by atoms with Crippen LogP contribution in [0.1, 0.15) is 0 Å². The molecule has 0 aromatic heterocycles. The lowest BCUT2D eigenvalue weighted by molar-refractivity contribution is -0.0571. The van der Waals surface area contributed by atoms with Crippen molar-refractivity contribution in [2.75, 3.05) is 54.4 Å². The fourth-order valence-corrected chi connectivity index (χ4v) is 1.87. The second-order valence-electron chi connectivity index (χ2n) is 4.12. The molecule has 0 radical (unpaired) electrons. The molecule has 0 aromatic rings. The van der Waals surface area contributed by atoms with E-state index in [0.29, 0.717) is 33.0 Å². The summed E-state index contributed by atoms with van der Waals surface area (Å²) in [5, 5.41) is 0. The van der Waals surface area contributed by atoms with Gasteiger partial charge in [0.05, 0.1) is 32.7 Å². The molecule has 3 atom stereocenters. The first kappa shape index (κ1) is 16.4. The molecule has 0 amide bonds. The minimum absolute atomic E-state index is 0.0215. The molecule has 1 aliphatic rings. The van der Waals surface area contributed by atoms with Gasteiger partial charge in [0.2, 0.25) is 0 Å². The molecule has 0 aromatic carbocycles. The Balaban J connectivity index is 2.06. The van der Waals surface area contributed by atoms with Crippen LogP contribution in [-0.2, 0) is 28.4 Å². The zero-order valence-corrected chi connectivity index (χ0v) is 11.9. The lowest BCUT2D eigenvalue weighted by Gasteiger charge is -2.20. The maximum atomic E-state index is 5.57. The van der Waals surface area contributed by atoms with Crippen molar-refractivity contribution in [3.05, 3.63) is 12.3 Å². The van der Waals surface area contributed by atoms with Crippen molar-refractivity contribution in [1.82, 2.24) is 0 Å². The van der Waals surface area contributed by atoms with Crippen molar-refractivity contribution in [1.29, 1.82) is 0 Å². The fourth-order valence-electron chi connectivity index (χ4n) is 1.87. The van der Waals surface area contributed by atoms with Crippen LogP contribution in [0.2, 0.25) is 0 Å². The molecular formula is C13H24O6. The number of hydrogen-bond donors (Lipinski definition) is 0. The van der Waals surface area contributed by atoms with Gasteiger partial charge in [0.1, 0.15) is 24.9 Å². The van der Waals surface area contributed by atoms with Gasteiger partial charge >= 0.3 is 0 Å². The van der Waals surface area contributed by atoms with E-state index in [1.54, 1.807) is 33.7 Å². The summed E-state index contributed by atoms with van der Waals surface area (Å²) >= 11 is 0. The van der Waals surface area contributed by atoms with E-state index < -0.39 is 0 Å². The smallest absolute Gasteiger partial charge is 0.114 e. The molecule has 6 heteroatoms. The molecule has 1 saturated heterocycles. The Bertz CT molecular complexity index is 245. The largest absolute Gasteiger partial charge is 0.499 e. The highest BCUT2D eigenvalue weighted by atomic mass is 16.6. The molecule has 1 heterocycles. The lowest BCUT2D eigenvalue weighted by atomic mass is 10.1. The third-order valence-corrected chi connectivity index (χ3v) is 2.87. The first-order valence-electron chi connectivity index (χ1n) is 6.34. The summed E-state index contributed by atoms with van der Waals surface area (Å²) in [5.74, 6) is 0. The molecule has 1 rings (SSSR count). The quantitative estimate of drug-likeness (QED) is 0.430. The Morgan fingerprint density at radius 3 is 2.68 bits per heavy atom. The van der Waals surface area contributed by atoms with Crippen LogP contribution in [0.15, 0.2) is 12.3 Å². The normalized spacial score (nSPS) is 27.2. The maximum absolute atomic E-state index is 5.57. The van der Waals surface area contributed by atoms with Crippen molar-refractivity contribution in [2.45, 2.75) is 18.3 Å². The molecule has 1 fully saturated rings. The van der Waals surface area contributed by atoms with Crippen LogP contribution in [0.5, 0.6) is 0 Å². The summed E-state index contributed by atoms with van der Waals surface area (Å²) in [5.41, 5.74) is 0. The number of rotatable bonds is 10. The number of methoxy groups -OCH3 is 3. The SMILES string of the molecule is COC/C=C/OCCOC[C@H]1OCC(OC)C1OC. The van der Waals surface area contributed by atoms with Gasteiger partial charge in [-0.15, -0.1) is 0 Å². The molecule has 0 aliphatic carbocycles. The zero-order valence-electron chi connectivity index (χ0n) is 11.9. The predicted molar refractivity (Wildman–Crippen MR) is 69.1 cm³/mol. The van der Waals surface area contributed by atoms with Crippen LogP contribution in [0, 0.1) is 0 Å². The summed E-state index contributed by atoms with van der Waals surface area (Å²) in [7, 11) is 4.94. The monoisotopic (exact) mass is 276 g/mol. The summed E-state index contributed by atoms with van der Waals surface area (Å²) in [6.45, 7) is 2.57. The van der Waals surface area contributed by atoms with Gasteiger partial charge in [0, 0.05) is 21.3 Å². The van der Waals surface area contributed by atoms with Crippen molar-refractivity contribution in [3.8, 4) is 0 Å². The van der Waals surface area contributed by atoms with E-state index in [1.165, 1.54) is 0 Å². The average Bonchev–Trinajstić information content (AvgIpc) is 2.83. The standard InChI is InChI=1S/C13H24O6/c1-14-5-4-6-17-7-8-18-9-12-13(16-3)11(15-2)10-19-12/h4,6,11-13H,5,7-10H2,1-3H3/b6-4+/t11?,12-,13?/m1/s1. The lowest BCUT2D eigenvalue weighted by Crippen LogP contribution is -2.36. The maximum Gasteiger partial charge on any atom is 0.114 e. The van der Waals surface area contributed by atoms with Gasteiger partial charge in [-0.2, -0.15) is 0 Å². The molecular weight excluding hydrogens is 252 g/mol. The third-order valence-electron chi connectivity index (χ3n) is 2.87. The Labute approximate surface area is 114 Å². The number of hydrogen-bond acceptors (Lipinski definition) is 6. The van der Waals surface area contributed by atoms with E-state index in [9.17, 15) is 0 Å². The first-order valence-corrected chi connectivity index (χ1v) is 6.34. The fraction of sp³-hybridized carbons (Fsp3) is 0.846. The van der Waals surface area contributed by atoms with Gasteiger partial charge in [-0.05, 0) is 6.08 Å². The molecule has 0 bridgehead atoms. The van der Waals surface area contributed by atoms with Gasteiger partial charge in [-0.25, -0.2) is 0 Å². The summed E-state index contributed by atoms with van der Waals surface area (Å²) in [6.07, 6.45) is 3.22. The Morgan fingerprint density at radius 1 is 1.16 bits per heavy atom. The minimum Gasteiger partial charge on any atom is -0.499 e. The van der Waals surface area contributed by atoms with E-state index in [1.807, 2.05) is 0 Å². The molecule has 0 spiro atoms. The van der Waals surface area contributed by atoms with Crippen LogP contribution >= 0.6 is 0 Å². The van der Waals surface area contributed by atoms with Crippen molar-refractivity contribution < 1.29 is 28.4 Å². The predicted octanol–water partition coefficient (Wildman–Crippen LogP) is 0.608. The van der Waals surface area contributed by atoms with E-state index in [4.69, 9.17) is 28.4 Å². The second-order valence-corrected chi connectivity index (χ2v) is 4.12. The summed E-state index contributed by atoms with van der Waals surface area (Å²) < 4.78 is 31.8. The molecule has 112 valence electrons. The molecule has 19 heavy (non-hydrogen) atoms. The minimum atomic E-state index is -0.0843. The van der Waals surface area contributed by atoms with Crippen molar-refractivity contribution in [3.63, 3.8) is 0 Å². The molecule has 6 nitrogen and oxygen atoms in total. The molecule has 2 unspecified atom stereocenters. The van der Waals surface area contributed by atoms with Gasteiger partial charge in [0.25, 0.3) is 0 Å². The Hall–Kier alpha value is -0.660. The summed E-state index contributed by atoms with van der Waals surface area (Å²) in [6, 6.07) is 0. The Morgan fingerprint density at radius 2 is 2.00 bits per heavy atom. The van der Waals surface area contributed by atoms with E-state index in [-0.39, 0.29) is 18.3 Å². The second kappa shape index (κ2) is 10.2. The van der Waals surface area contributed by atoms with Crippen molar-refractivity contribution in [2.24, 2.45) is 0 Å². The van der Waals surface area contributed by atoms with Gasteiger partial charge in [-0.3, -0.25) is 0 Å². The first-order chi connectivity index (χ1) is 9.33. The third kappa shape index (κ3) is 5.88. The van der Waals surface area contributed by atoms with Crippen LogP contribution < -0.4 is 0 Å². The van der Waals surface area contributed by atoms with E-state index >= 15 is 0 Å². The topological polar surface area (TPSA) is 55.4 Å². The molecule has 0 saturated carbocycles. The van der Waals surface area contributed by atoms with Crippen LogP contribution in [-0.4, -0.2) is 72.7 Å². The van der Waals surface area contributed by atoms with Crippen LogP contribution in [0.25, 0.3) is 0 Å². The highest BCUT2D eigenvalue weighted by Crippen LogP contribution is 2.19. The van der Waals surface area contributed by atoms with E-state index in [0.717, 1.165) is 0 Å². The molecule has 1 aliphatic heterocycles. The van der Waals surface area contributed by atoms with Gasteiger partial charge < -0.3 is 28.4 Å². The number of ether oxygens (including phenoxy) is 6.